The highest BCUT2D eigenvalue weighted by Crippen LogP contribution is 2.26. The fourth-order valence-electron chi connectivity index (χ4n) is 3.26. The number of para-hydroxylation sites is 2. The molecule has 0 aliphatic carbocycles. The number of rotatable bonds is 7. The fourth-order valence-corrected chi connectivity index (χ4v) is 3.53. The third-order valence-corrected chi connectivity index (χ3v) is 5.25. The van der Waals surface area contributed by atoms with E-state index >= 15 is 0 Å². The van der Waals surface area contributed by atoms with Crippen LogP contribution in [0.15, 0.2) is 53.0 Å². The summed E-state index contributed by atoms with van der Waals surface area (Å²) in [7, 11) is 0. The van der Waals surface area contributed by atoms with Gasteiger partial charge in [-0.3, -0.25) is 4.79 Å². The molecule has 2 N–H and O–H groups in total. The molecule has 1 aliphatic rings. The summed E-state index contributed by atoms with van der Waals surface area (Å²) in [6.45, 7) is 5.50. The van der Waals surface area contributed by atoms with Gasteiger partial charge in [-0.2, -0.15) is 0 Å². The Balaban J connectivity index is 1.60. The second kappa shape index (κ2) is 9.88. The number of amides is 1. The van der Waals surface area contributed by atoms with Gasteiger partial charge in [-0.25, -0.2) is 0 Å². The topological polar surface area (TPSA) is 53.6 Å². The van der Waals surface area contributed by atoms with E-state index in [-0.39, 0.29) is 18.5 Å². The van der Waals surface area contributed by atoms with Crippen LogP contribution < -0.4 is 15.5 Å². The van der Waals surface area contributed by atoms with Gasteiger partial charge in [-0.1, -0.05) is 47.1 Å². The predicted molar refractivity (Wildman–Crippen MR) is 113 cm³/mol. The zero-order valence-electron chi connectivity index (χ0n) is 15.6. The van der Waals surface area contributed by atoms with Crippen LogP contribution in [0.1, 0.15) is 24.9 Å². The minimum atomic E-state index is -0.0359. The lowest BCUT2D eigenvalue weighted by atomic mass is 10.0. The van der Waals surface area contributed by atoms with Crippen LogP contribution in [0.3, 0.4) is 0 Å². The van der Waals surface area contributed by atoms with Crippen LogP contribution in [0.4, 0.5) is 11.4 Å². The number of nitrogens with one attached hydrogen (secondary N) is 2. The Morgan fingerprint density at radius 3 is 2.56 bits per heavy atom. The van der Waals surface area contributed by atoms with Crippen molar-refractivity contribution in [3.8, 4) is 0 Å². The van der Waals surface area contributed by atoms with Crippen molar-refractivity contribution >= 4 is 33.2 Å². The summed E-state index contributed by atoms with van der Waals surface area (Å²) in [4.78, 5) is 14.8. The molecule has 2 aromatic carbocycles. The molecular formula is C21H26BrN3O2. The highest BCUT2D eigenvalue weighted by Gasteiger charge is 2.16. The molecule has 0 saturated carbocycles. The molecule has 0 bridgehead atoms. The second-order valence-electron chi connectivity index (χ2n) is 6.56. The molecule has 1 unspecified atom stereocenters. The van der Waals surface area contributed by atoms with E-state index in [2.05, 4.69) is 50.5 Å². The zero-order valence-corrected chi connectivity index (χ0v) is 17.2. The smallest absolute Gasteiger partial charge is 0.238 e. The SMILES string of the molecule is CCC(NCC(=O)Nc1ccccc1N1CCOCC1)c1ccc(Br)cc1. The maximum Gasteiger partial charge on any atom is 0.238 e. The molecule has 144 valence electrons. The van der Waals surface area contributed by atoms with Crippen molar-refractivity contribution in [2.24, 2.45) is 0 Å². The van der Waals surface area contributed by atoms with E-state index in [9.17, 15) is 4.79 Å². The summed E-state index contributed by atoms with van der Waals surface area (Å²) in [5, 5.41) is 6.42. The minimum absolute atomic E-state index is 0.0359. The molecule has 2 aromatic rings. The highest BCUT2D eigenvalue weighted by atomic mass is 79.9. The molecule has 0 radical (unpaired) electrons. The molecule has 0 spiro atoms. The lowest BCUT2D eigenvalue weighted by molar-refractivity contribution is -0.115. The normalized spacial score (nSPS) is 15.4. The summed E-state index contributed by atoms with van der Waals surface area (Å²) >= 11 is 3.46. The van der Waals surface area contributed by atoms with Crippen molar-refractivity contribution in [3.05, 3.63) is 58.6 Å². The zero-order chi connectivity index (χ0) is 19.1. The number of ether oxygens (including phenoxy) is 1. The molecule has 1 fully saturated rings. The average Bonchev–Trinajstić information content (AvgIpc) is 2.71. The first kappa shape index (κ1) is 19.9. The number of morpholine rings is 1. The molecule has 6 heteroatoms. The number of benzene rings is 2. The number of carbonyl (C=O) groups excluding carboxylic acids is 1. The number of carbonyl (C=O) groups is 1. The van der Waals surface area contributed by atoms with Crippen LogP contribution in [0, 0.1) is 0 Å². The van der Waals surface area contributed by atoms with Gasteiger partial charge in [0.2, 0.25) is 5.91 Å². The van der Waals surface area contributed by atoms with Crippen molar-refractivity contribution in [2.45, 2.75) is 19.4 Å². The van der Waals surface area contributed by atoms with Crippen molar-refractivity contribution in [3.63, 3.8) is 0 Å². The molecule has 27 heavy (non-hydrogen) atoms. The number of anilines is 2. The molecule has 1 aliphatic heterocycles. The third kappa shape index (κ3) is 5.54. The maximum atomic E-state index is 12.5. The quantitative estimate of drug-likeness (QED) is 0.696. The van der Waals surface area contributed by atoms with Gasteiger partial charge in [0.05, 0.1) is 31.1 Å². The van der Waals surface area contributed by atoms with Crippen LogP contribution in [0.2, 0.25) is 0 Å². The lowest BCUT2D eigenvalue weighted by Crippen LogP contribution is -2.37. The van der Waals surface area contributed by atoms with Gasteiger partial charge in [-0.05, 0) is 36.2 Å². The summed E-state index contributed by atoms with van der Waals surface area (Å²) in [5.41, 5.74) is 3.08. The summed E-state index contributed by atoms with van der Waals surface area (Å²) in [6, 6.07) is 16.3. The Kier molecular flexibility index (Phi) is 7.26. The Labute approximate surface area is 169 Å². The maximum absolute atomic E-state index is 12.5. The van der Waals surface area contributed by atoms with Crippen LogP contribution in [0.25, 0.3) is 0 Å². The van der Waals surface area contributed by atoms with Crippen molar-refractivity contribution in [1.29, 1.82) is 0 Å². The molecule has 5 nitrogen and oxygen atoms in total. The van der Waals surface area contributed by atoms with E-state index < -0.39 is 0 Å². The van der Waals surface area contributed by atoms with E-state index in [4.69, 9.17) is 4.74 Å². The Hall–Kier alpha value is -1.89. The molecule has 1 saturated heterocycles. The molecule has 3 rings (SSSR count). The first-order valence-corrected chi connectivity index (χ1v) is 10.2. The van der Waals surface area contributed by atoms with E-state index in [0.717, 1.165) is 48.6 Å². The van der Waals surface area contributed by atoms with E-state index in [1.165, 1.54) is 5.56 Å². The van der Waals surface area contributed by atoms with Crippen molar-refractivity contribution < 1.29 is 9.53 Å². The van der Waals surface area contributed by atoms with Gasteiger partial charge in [-0.15, -0.1) is 0 Å². The van der Waals surface area contributed by atoms with Crippen LogP contribution in [-0.2, 0) is 9.53 Å². The third-order valence-electron chi connectivity index (χ3n) is 4.72. The van der Waals surface area contributed by atoms with Gasteiger partial charge in [0.1, 0.15) is 0 Å². The van der Waals surface area contributed by atoms with Gasteiger partial charge >= 0.3 is 0 Å². The Morgan fingerprint density at radius 2 is 1.85 bits per heavy atom. The van der Waals surface area contributed by atoms with Crippen LogP contribution in [0.5, 0.6) is 0 Å². The van der Waals surface area contributed by atoms with E-state index in [0.29, 0.717) is 0 Å². The average molecular weight is 432 g/mol. The predicted octanol–water partition coefficient (Wildman–Crippen LogP) is 3.97. The van der Waals surface area contributed by atoms with Crippen molar-refractivity contribution in [1.82, 2.24) is 5.32 Å². The highest BCUT2D eigenvalue weighted by molar-refractivity contribution is 9.10. The number of hydrogen-bond acceptors (Lipinski definition) is 4. The molecule has 1 atom stereocenters. The number of hydrogen-bond donors (Lipinski definition) is 2. The molecular weight excluding hydrogens is 406 g/mol. The van der Waals surface area contributed by atoms with Gasteiger partial charge in [0.25, 0.3) is 0 Å². The molecule has 1 heterocycles. The fraction of sp³-hybridized carbons (Fsp3) is 0.381. The van der Waals surface area contributed by atoms with E-state index in [1.807, 2.05) is 36.4 Å². The summed E-state index contributed by atoms with van der Waals surface area (Å²) in [5.74, 6) is -0.0359. The van der Waals surface area contributed by atoms with Gasteiger partial charge in [0, 0.05) is 23.6 Å². The Morgan fingerprint density at radius 1 is 1.15 bits per heavy atom. The van der Waals surface area contributed by atoms with Crippen LogP contribution >= 0.6 is 15.9 Å². The number of nitrogens with zero attached hydrogens (tertiary/aromatic N) is 1. The minimum Gasteiger partial charge on any atom is -0.378 e. The summed E-state index contributed by atoms with van der Waals surface area (Å²) < 4.78 is 6.48. The largest absolute Gasteiger partial charge is 0.378 e. The van der Waals surface area contributed by atoms with Crippen LogP contribution in [-0.4, -0.2) is 38.8 Å². The monoisotopic (exact) mass is 431 g/mol. The molecule has 1 amide bonds. The lowest BCUT2D eigenvalue weighted by Gasteiger charge is -2.30. The second-order valence-corrected chi connectivity index (χ2v) is 7.47. The first-order valence-electron chi connectivity index (χ1n) is 9.38. The summed E-state index contributed by atoms with van der Waals surface area (Å²) in [6.07, 6.45) is 0.916. The number of halogens is 1. The van der Waals surface area contributed by atoms with Crippen molar-refractivity contribution in [2.75, 3.05) is 43.1 Å². The van der Waals surface area contributed by atoms with Gasteiger partial charge < -0.3 is 20.3 Å². The van der Waals surface area contributed by atoms with Gasteiger partial charge in [0.15, 0.2) is 0 Å². The Bertz CT molecular complexity index is 745. The standard InChI is InChI=1S/C21H26BrN3O2/c1-2-18(16-7-9-17(22)10-8-16)23-15-21(26)24-19-5-3-4-6-20(19)25-11-13-27-14-12-25/h3-10,18,23H,2,11-15H2,1H3,(H,24,26). The molecule has 0 aromatic heterocycles. The first-order chi connectivity index (χ1) is 13.2. The van der Waals surface area contributed by atoms with E-state index in [1.54, 1.807) is 0 Å².